The highest BCUT2D eigenvalue weighted by Crippen LogP contribution is 2.29. The second-order valence-electron chi connectivity index (χ2n) is 4.74. The van der Waals surface area contributed by atoms with Crippen molar-refractivity contribution in [1.29, 1.82) is 0 Å². The molecule has 0 saturated carbocycles. The van der Waals surface area contributed by atoms with Gasteiger partial charge in [-0.15, -0.1) is 11.7 Å². The van der Waals surface area contributed by atoms with Gasteiger partial charge in [0.1, 0.15) is 0 Å². The topological polar surface area (TPSA) is 61.8 Å². The molecule has 1 aromatic carbocycles. The number of carbonyl (C=O) groups is 2. The van der Waals surface area contributed by atoms with E-state index in [0.29, 0.717) is 23.2 Å². The van der Waals surface area contributed by atoms with Crippen molar-refractivity contribution in [2.75, 3.05) is 6.54 Å². The first kappa shape index (κ1) is 16.6. The smallest absolute Gasteiger partial charge is 0.242 e. The standard InChI is InChI=1S/C15H16ClN3O2S/c1-3-8-19-14(21)13(22-15(19)18-17-10(2)20)9-11-4-6-12(16)7-5-11/h3-7,13H,1,8-9H2,2H3,(H,17,20)/b18-15+. The van der Waals surface area contributed by atoms with Crippen molar-refractivity contribution in [3.63, 3.8) is 0 Å². The normalized spacial score (nSPS) is 19.5. The van der Waals surface area contributed by atoms with Crippen LogP contribution in [0.15, 0.2) is 42.0 Å². The third-order valence-corrected chi connectivity index (χ3v) is 4.40. The maximum Gasteiger partial charge on any atom is 0.242 e. The number of nitrogens with one attached hydrogen (secondary N) is 1. The van der Waals surface area contributed by atoms with Gasteiger partial charge in [0.05, 0.1) is 5.25 Å². The van der Waals surface area contributed by atoms with Crippen molar-refractivity contribution in [3.8, 4) is 0 Å². The van der Waals surface area contributed by atoms with Crippen LogP contribution in [0.3, 0.4) is 0 Å². The molecular formula is C15H16ClN3O2S. The summed E-state index contributed by atoms with van der Waals surface area (Å²) in [5, 5.41) is 4.87. The highest BCUT2D eigenvalue weighted by atomic mass is 35.5. The van der Waals surface area contributed by atoms with Gasteiger partial charge in [-0.25, -0.2) is 5.43 Å². The molecule has 116 valence electrons. The molecule has 1 N–H and O–H groups in total. The van der Waals surface area contributed by atoms with E-state index in [4.69, 9.17) is 11.6 Å². The van der Waals surface area contributed by atoms with Crippen LogP contribution in [0.2, 0.25) is 5.02 Å². The number of nitrogens with zero attached hydrogens (tertiary/aromatic N) is 2. The fraction of sp³-hybridized carbons (Fsp3) is 0.267. The highest BCUT2D eigenvalue weighted by Gasteiger charge is 2.37. The van der Waals surface area contributed by atoms with Crippen LogP contribution in [-0.4, -0.2) is 33.7 Å². The molecule has 1 aromatic rings. The SMILES string of the molecule is C=CCN1C(=O)C(Cc2ccc(Cl)cc2)S/C1=N/NC(C)=O. The van der Waals surface area contributed by atoms with Crippen molar-refractivity contribution in [1.82, 2.24) is 10.3 Å². The minimum Gasteiger partial charge on any atom is -0.285 e. The van der Waals surface area contributed by atoms with E-state index in [1.807, 2.05) is 12.1 Å². The molecule has 2 rings (SSSR count). The lowest BCUT2D eigenvalue weighted by atomic mass is 10.1. The quantitative estimate of drug-likeness (QED) is 0.663. The second-order valence-corrected chi connectivity index (χ2v) is 6.34. The summed E-state index contributed by atoms with van der Waals surface area (Å²) in [7, 11) is 0. The zero-order valence-electron chi connectivity index (χ0n) is 12.1. The summed E-state index contributed by atoms with van der Waals surface area (Å²) in [6.45, 7) is 5.38. The monoisotopic (exact) mass is 337 g/mol. The lowest BCUT2D eigenvalue weighted by molar-refractivity contribution is -0.126. The van der Waals surface area contributed by atoms with Crippen molar-refractivity contribution in [2.45, 2.75) is 18.6 Å². The van der Waals surface area contributed by atoms with Gasteiger partial charge in [-0.05, 0) is 24.1 Å². The minimum absolute atomic E-state index is 0.0380. The number of hydrogen-bond donors (Lipinski definition) is 1. The van der Waals surface area contributed by atoms with E-state index < -0.39 is 0 Å². The van der Waals surface area contributed by atoms with Crippen LogP contribution in [0.4, 0.5) is 0 Å². The van der Waals surface area contributed by atoms with Crippen molar-refractivity contribution in [2.24, 2.45) is 5.10 Å². The molecule has 1 unspecified atom stereocenters. The van der Waals surface area contributed by atoms with Crippen LogP contribution in [0.1, 0.15) is 12.5 Å². The van der Waals surface area contributed by atoms with E-state index in [9.17, 15) is 9.59 Å². The Morgan fingerprint density at radius 3 is 2.77 bits per heavy atom. The summed E-state index contributed by atoms with van der Waals surface area (Å²) in [5.74, 6) is -0.316. The number of thioether (sulfide) groups is 1. The molecule has 1 atom stereocenters. The Kier molecular flexibility index (Phi) is 5.63. The molecule has 1 heterocycles. The van der Waals surface area contributed by atoms with E-state index in [2.05, 4.69) is 17.1 Å². The molecule has 7 heteroatoms. The van der Waals surface area contributed by atoms with Crippen molar-refractivity contribution < 1.29 is 9.59 Å². The van der Waals surface area contributed by atoms with Crippen molar-refractivity contribution >= 4 is 40.3 Å². The summed E-state index contributed by atoms with van der Waals surface area (Å²) >= 11 is 7.20. The first-order valence-corrected chi connectivity index (χ1v) is 7.94. The van der Waals surface area contributed by atoms with E-state index in [1.54, 1.807) is 18.2 Å². The summed E-state index contributed by atoms with van der Waals surface area (Å²) < 4.78 is 0. The Balaban J connectivity index is 2.14. The lowest BCUT2D eigenvalue weighted by Crippen LogP contribution is -2.34. The van der Waals surface area contributed by atoms with Crippen molar-refractivity contribution in [3.05, 3.63) is 47.5 Å². The van der Waals surface area contributed by atoms with Crippen LogP contribution < -0.4 is 5.43 Å². The van der Waals surface area contributed by atoms with Gasteiger partial charge >= 0.3 is 0 Å². The number of hydrazone groups is 1. The van der Waals surface area contributed by atoms with Crippen LogP contribution in [0.5, 0.6) is 0 Å². The predicted octanol–water partition coefficient (Wildman–Crippen LogP) is 2.42. The van der Waals surface area contributed by atoms with E-state index >= 15 is 0 Å². The third kappa shape index (κ3) is 4.11. The second kappa shape index (κ2) is 7.47. The molecule has 0 bridgehead atoms. The first-order valence-electron chi connectivity index (χ1n) is 6.69. The number of benzene rings is 1. The molecule has 1 aliphatic rings. The molecule has 0 aromatic heterocycles. The highest BCUT2D eigenvalue weighted by molar-refractivity contribution is 8.15. The number of halogens is 1. The fourth-order valence-electron chi connectivity index (χ4n) is 1.98. The molecule has 0 aliphatic carbocycles. The molecule has 22 heavy (non-hydrogen) atoms. The maximum atomic E-state index is 12.5. The number of hydrogen-bond acceptors (Lipinski definition) is 4. The predicted molar refractivity (Wildman–Crippen MR) is 89.7 cm³/mol. The average molecular weight is 338 g/mol. The minimum atomic E-state index is -0.278. The van der Waals surface area contributed by atoms with Crippen LogP contribution in [0.25, 0.3) is 0 Å². The third-order valence-electron chi connectivity index (χ3n) is 2.98. The number of amides is 2. The van der Waals surface area contributed by atoms with Gasteiger partial charge in [0.25, 0.3) is 0 Å². The van der Waals surface area contributed by atoms with Gasteiger partial charge < -0.3 is 0 Å². The van der Waals surface area contributed by atoms with E-state index in [-0.39, 0.29) is 17.1 Å². The summed E-state index contributed by atoms with van der Waals surface area (Å²) in [6.07, 6.45) is 2.21. The molecule has 0 spiro atoms. The Morgan fingerprint density at radius 1 is 1.50 bits per heavy atom. The Bertz CT molecular complexity index is 616. The molecule has 1 aliphatic heterocycles. The van der Waals surface area contributed by atoms with Gasteiger partial charge in [0, 0.05) is 18.5 Å². The fourth-order valence-corrected chi connectivity index (χ4v) is 3.26. The molecule has 1 fully saturated rings. The summed E-state index contributed by atoms with van der Waals surface area (Å²) in [4.78, 5) is 25.0. The Labute approximate surface area is 138 Å². The van der Waals surface area contributed by atoms with Gasteiger partial charge in [-0.3, -0.25) is 14.5 Å². The maximum absolute atomic E-state index is 12.5. The lowest BCUT2D eigenvalue weighted by Gasteiger charge is -2.13. The van der Waals surface area contributed by atoms with Gasteiger partial charge in [0.15, 0.2) is 5.17 Å². The van der Waals surface area contributed by atoms with Gasteiger partial charge in [0.2, 0.25) is 11.8 Å². The van der Waals surface area contributed by atoms with Crippen LogP contribution in [0, 0.1) is 0 Å². The molecular weight excluding hydrogens is 322 g/mol. The Hall–Kier alpha value is -1.79. The zero-order valence-corrected chi connectivity index (χ0v) is 13.7. The molecule has 5 nitrogen and oxygen atoms in total. The molecule has 0 radical (unpaired) electrons. The van der Waals surface area contributed by atoms with Crippen LogP contribution >= 0.6 is 23.4 Å². The van der Waals surface area contributed by atoms with Gasteiger partial charge in [-0.2, -0.15) is 0 Å². The largest absolute Gasteiger partial charge is 0.285 e. The number of rotatable bonds is 5. The zero-order chi connectivity index (χ0) is 16.1. The molecule has 2 amide bonds. The van der Waals surface area contributed by atoms with Crippen LogP contribution in [-0.2, 0) is 16.0 Å². The summed E-state index contributed by atoms with van der Waals surface area (Å²) in [6, 6.07) is 7.40. The Morgan fingerprint density at radius 2 is 2.18 bits per heavy atom. The molecule has 1 saturated heterocycles. The number of amidine groups is 1. The first-order chi connectivity index (χ1) is 10.5. The van der Waals surface area contributed by atoms with E-state index in [0.717, 1.165) is 5.56 Å². The average Bonchev–Trinajstić information content (AvgIpc) is 2.77. The van der Waals surface area contributed by atoms with E-state index in [1.165, 1.54) is 23.6 Å². The summed E-state index contributed by atoms with van der Waals surface area (Å²) in [5.41, 5.74) is 3.39. The van der Waals surface area contributed by atoms with Gasteiger partial charge in [-0.1, -0.05) is 41.6 Å². The number of carbonyl (C=O) groups excluding carboxylic acids is 2.